The van der Waals surface area contributed by atoms with Gasteiger partial charge in [-0.25, -0.2) is 12.8 Å². The molecule has 0 radical (unpaired) electrons. The monoisotopic (exact) mass is 590 g/mol. The number of piperidine rings is 1. The molecule has 2 saturated heterocycles. The minimum atomic E-state index is -3.78. The van der Waals surface area contributed by atoms with Crippen LogP contribution in [0.3, 0.4) is 0 Å². The highest BCUT2D eigenvalue weighted by Crippen LogP contribution is 2.19. The summed E-state index contributed by atoms with van der Waals surface area (Å²) in [6.07, 6.45) is 2.99. The highest BCUT2D eigenvalue weighted by molar-refractivity contribution is 7.89. The maximum atomic E-state index is 13.2. The van der Waals surface area contributed by atoms with Crippen molar-refractivity contribution in [1.82, 2.24) is 24.4 Å². The van der Waals surface area contributed by atoms with Crippen molar-refractivity contribution < 1.29 is 22.4 Å². The molecule has 0 spiro atoms. The Morgan fingerprint density at radius 1 is 0.929 bits per heavy atom. The lowest BCUT2D eigenvalue weighted by Gasteiger charge is -2.34. The third kappa shape index (κ3) is 6.82. The van der Waals surface area contributed by atoms with Crippen molar-refractivity contribution in [2.45, 2.75) is 30.3 Å². The molecule has 3 heterocycles. The molecule has 0 bridgehead atoms. The van der Waals surface area contributed by atoms with E-state index in [-0.39, 0.29) is 54.6 Å². The van der Waals surface area contributed by atoms with E-state index in [2.05, 4.69) is 21.3 Å². The van der Waals surface area contributed by atoms with E-state index < -0.39 is 15.8 Å². The second kappa shape index (κ2) is 12.8. The Hall–Kier alpha value is -4.18. The fourth-order valence-electron chi connectivity index (χ4n) is 5.16. The molecular weight excluding hydrogens is 559 g/mol. The van der Waals surface area contributed by atoms with E-state index >= 15 is 0 Å². The van der Waals surface area contributed by atoms with Gasteiger partial charge in [0, 0.05) is 58.1 Å². The zero-order chi connectivity index (χ0) is 29.7. The molecule has 2 fully saturated rings. The van der Waals surface area contributed by atoms with E-state index in [1.165, 1.54) is 28.7 Å². The van der Waals surface area contributed by atoms with Gasteiger partial charge in [-0.15, -0.1) is 0 Å². The molecule has 2 amide bonds. The van der Waals surface area contributed by atoms with Crippen LogP contribution in [0.1, 0.15) is 44.8 Å². The highest BCUT2D eigenvalue weighted by Gasteiger charge is 2.31. The summed E-state index contributed by atoms with van der Waals surface area (Å²) in [4.78, 5) is 33.9. The van der Waals surface area contributed by atoms with Crippen molar-refractivity contribution in [3.63, 3.8) is 0 Å². The Labute approximate surface area is 244 Å². The summed E-state index contributed by atoms with van der Waals surface area (Å²) in [5.74, 6) is -1.10. The average Bonchev–Trinajstić information content (AvgIpc) is 3.02. The second-order valence-electron chi connectivity index (χ2n) is 10.4. The summed E-state index contributed by atoms with van der Waals surface area (Å²) in [5, 5.41) is 12.0. The van der Waals surface area contributed by atoms with Crippen LogP contribution in [0.4, 0.5) is 4.39 Å². The minimum Gasteiger partial charge on any atom is -0.348 e. The van der Waals surface area contributed by atoms with Gasteiger partial charge in [0.25, 0.3) is 11.8 Å². The standard InChI is InChI=1S/C30H31FN6O4S/c31-25-6-8-27(9-7-25)42(40,41)37-17-15-36(16-18-37)30(39)24-5-10-28(33-20-24)29(38)34-26-11-13-35(14-12-26)21-23-3-1-22(19-32)2-4-23/h1-10,20,26H,11-18,21H2,(H,34,38). The first kappa shape index (κ1) is 29.3. The minimum absolute atomic E-state index is 0.00963. The molecule has 2 aliphatic heterocycles. The van der Waals surface area contributed by atoms with E-state index in [1.54, 1.807) is 11.0 Å². The predicted molar refractivity (Wildman–Crippen MR) is 152 cm³/mol. The van der Waals surface area contributed by atoms with Crippen molar-refractivity contribution in [1.29, 1.82) is 5.26 Å². The van der Waals surface area contributed by atoms with Crippen molar-refractivity contribution in [3.8, 4) is 6.07 Å². The van der Waals surface area contributed by atoms with Gasteiger partial charge >= 0.3 is 0 Å². The third-order valence-electron chi connectivity index (χ3n) is 7.63. The molecule has 0 aliphatic carbocycles. The lowest BCUT2D eigenvalue weighted by Crippen LogP contribution is -2.50. The fraction of sp³-hybridized carbons (Fsp3) is 0.333. The fourth-order valence-corrected chi connectivity index (χ4v) is 6.58. The molecule has 10 nitrogen and oxygen atoms in total. The number of nitrogens with one attached hydrogen (secondary N) is 1. The normalized spacial score (nSPS) is 17.0. The van der Waals surface area contributed by atoms with Crippen LogP contribution < -0.4 is 5.32 Å². The summed E-state index contributed by atoms with van der Waals surface area (Å²) in [6, 6.07) is 17.5. The van der Waals surface area contributed by atoms with Gasteiger partial charge in [0.05, 0.1) is 22.1 Å². The average molecular weight is 591 g/mol. The number of pyridine rings is 1. The maximum Gasteiger partial charge on any atom is 0.270 e. The molecule has 2 aliphatic rings. The Morgan fingerprint density at radius 3 is 2.19 bits per heavy atom. The second-order valence-corrected chi connectivity index (χ2v) is 12.4. The number of rotatable bonds is 7. The first-order chi connectivity index (χ1) is 20.2. The summed E-state index contributed by atoms with van der Waals surface area (Å²) in [7, 11) is -3.78. The van der Waals surface area contributed by atoms with Crippen LogP contribution in [-0.4, -0.2) is 84.6 Å². The third-order valence-corrected chi connectivity index (χ3v) is 9.55. The Kier molecular flexibility index (Phi) is 8.91. The van der Waals surface area contributed by atoms with E-state index in [1.807, 2.05) is 24.3 Å². The highest BCUT2D eigenvalue weighted by atomic mass is 32.2. The first-order valence-electron chi connectivity index (χ1n) is 13.8. The number of carbonyl (C=O) groups is 2. The number of aromatic nitrogens is 1. The van der Waals surface area contributed by atoms with Crippen molar-refractivity contribution in [2.75, 3.05) is 39.3 Å². The first-order valence-corrected chi connectivity index (χ1v) is 15.2. The van der Waals surface area contributed by atoms with Crippen LogP contribution in [0.2, 0.25) is 0 Å². The molecule has 3 aromatic rings. The van der Waals surface area contributed by atoms with Gasteiger partial charge in [0.2, 0.25) is 10.0 Å². The molecule has 218 valence electrons. The van der Waals surface area contributed by atoms with Gasteiger partial charge in [0.1, 0.15) is 11.5 Å². The SMILES string of the molecule is N#Cc1ccc(CN2CCC(NC(=O)c3ccc(C(=O)N4CCN(S(=O)(=O)c5ccc(F)cc5)CC4)cn3)CC2)cc1. The zero-order valence-electron chi connectivity index (χ0n) is 22.9. The maximum absolute atomic E-state index is 13.2. The van der Waals surface area contributed by atoms with Crippen molar-refractivity contribution >= 4 is 21.8 Å². The summed E-state index contributed by atoms with van der Waals surface area (Å²) in [5.41, 5.74) is 2.33. The Balaban J connectivity index is 1.08. The van der Waals surface area contributed by atoms with Gasteiger partial charge in [-0.3, -0.25) is 19.5 Å². The molecule has 5 rings (SSSR count). The van der Waals surface area contributed by atoms with Gasteiger partial charge < -0.3 is 10.2 Å². The van der Waals surface area contributed by atoms with Gasteiger partial charge in [-0.2, -0.15) is 9.57 Å². The van der Waals surface area contributed by atoms with Crippen molar-refractivity contribution in [3.05, 3.63) is 95.1 Å². The number of nitrogens with zero attached hydrogens (tertiary/aromatic N) is 5. The van der Waals surface area contributed by atoms with Crippen LogP contribution in [0.15, 0.2) is 71.8 Å². The number of nitriles is 1. The molecule has 12 heteroatoms. The largest absolute Gasteiger partial charge is 0.348 e. The topological polar surface area (TPSA) is 127 Å². The van der Waals surface area contributed by atoms with Gasteiger partial charge in [0.15, 0.2) is 0 Å². The summed E-state index contributed by atoms with van der Waals surface area (Å²) in [6.45, 7) is 3.10. The van der Waals surface area contributed by atoms with Crippen LogP contribution >= 0.6 is 0 Å². The lowest BCUT2D eigenvalue weighted by molar-refractivity contribution is 0.0696. The smallest absolute Gasteiger partial charge is 0.270 e. The summed E-state index contributed by atoms with van der Waals surface area (Å²) < 4.78 is 40.2. The van der Waals surface area contributed by atoms with Crippen LogP contribution in [0.25, 0.3) is 0 Å². The van der Waals surface area contributed by atoms with E-state index in [9.17, 15) is 22.4 Å². The van der Waals surface area contributed by atoms with Crippen LogP contribution in [0.5, 0.6) is 0 Å². The molecule has 0 unspecified atom stereocenters. The number of likely N-dealkylation sites (tertiary alicyclic amines) is 1. The number of hydrogen-bond donors (Lipinski definition) is 1. The molecule has 1 N–H and O–H groups in total. The molecule has 1 aromatic heterocycles. The molecular formula is C30H31FN6O4S. The number of sulfonamides is 1. The van der Waals surface area contributed by atoms with Crippen LogP contribution in [0, 0.1) is 17.1 Å². The van der Waals surface area contributed by atoms with E-state index in [0.717, 1.165) is 50.2 Å². The van der Waals surface area contributed by atoms with Crippen LogP contribution in [-0.2, 0) is 16.6 Å². The Morgan fingerprint density at radius 2 is 1.60 bits per heavy atom. The predicted octanol–water partition coefficient (Wildman–Crippen LogP) is 2.63. The number of halogens is 1. The lowest BCUT2D eigenvalue weighted by atomic mass is 10.0. The van der Waals surface area contributed by atoms with Gasteiger partial charge in [-0.1, -0.05) is 12.1 Å². The van der Waals surface area contributed by atoms with E-state index in [4.69, 9.17) is 5.26 Å². The molecule has 2 aromatic carbocycles. The molecule has 42 heavy (non-hydrogen) atoms. The molecule has 0 saturated carbocycles. The number of amides is 2. The molecule has 0 atom stereocenters. The number of benzene rings is 2. The van der Waals surface area contributed by atoms with Crippen molar-refractivity contribution in [2.24, 2.45) is 0 Å². The number of piperazine rings is 1. The number of carbonyl (C=O) groups excluding carboxylic acids is 2. The Bertz CT molecular complexity index is 1560. The summed E-state index contributed by atoms with van der Waals surface area (Å²) >= 11 is 0. The van der Waals surface area contributed by atoms with E-state index in [0.29, 0.717) is 11.1 Å². The number of hydrogen-bond acceptors (Lipinski definition) is 7. The zero-order valence-corrected chi connectivity index (χ0v) is 23.8. The quantitative estimate of drug-likeness (QED) is 0.448. The van der Waals surface area contributed by atoms with Gasteiger partial charge in [-0.05, 0) is 66.9 Å².